The van der Waals surface area contributed by atoms with Gasteiger partial charge in [-0.25, -0.2) is 0 Å². The molecule has 1 aromatic rings. The Hall–Kier alpha value is -2.49. The van der Waals surface area contributed by atoms with Crippen molar-refractivity contribution >= 4 is 11.5 Å². The summed E-state index contributed by atoms with van der Waals surface area (Å²) in [5, 5.41) is 0. The first-order valence-electron chi connectivity index (χ1n) is 9.21. The molecule has 4 heteroatoms. The van der Waals surface area contributed by atoms with Crippen LogP contribution < -0.4 is 4.90 Å². The molecule has 0 bridgehead atoms. The lowest BCUT2D eigenvalue weighted by molar-refractivity contribution is 0.0966. The van der Waals surface area contributed by atoms with Gasteiger partial charge in [-0.2, -0.15) is 0 Å². The minimum Gasteiger partial charge on any atom is -0.498 e. The zero-order valence-corrected chi connectivity index (χ0v) is 15.6. The van der Waals surface area contributed by atoms with Crippen molar-refractivity contribution in [3.63, 3.8) is 0 Å². The molecule has 0 amide bonds. The molecular weight excluding hydrogens is 326 g/mol. The van der Waals surface area contributed by atoms with Crippen LogP contribution in [0.1, 0.15) is 37.0 Å². The topological polar surface area (TPSA) is 38.8 Å². The van der Waals surface area contributed by atoms with E-state index in [1.165, 1.54) is 12.8 Å². The molecule has 1 aromatic carbocycles. The molecule has 0 spiro atoms. The third-order valence-corrected chi connectivity index (χ3v) is 4.66. The van der Waals surface area contributed by atoms with E-state index in [1.807, 2.05) is 43.3 Å². The predicted octanol–water partition coefficient (Wildman–Crippen LogP) is 4.49. The molecule has 2 fully saturated rings. The molecular formula is C22H27NO3. The fourth-order valence-electron chi connectivity index (χ4n) is 2.84. The minimum absolute atomic E-state index is 0.0895. The van der Waals surface area contributed by atoms with Crippen molar-refractivity contribution in [1.29, 1.82) is 0 Å². The quantitative estimate of drug-likeness (QED) is 0.372. The Morgan fingerprint density at radius 1 is 1.23 bits per heavy atom. The first kappa shape index (κ1) is 18.3. The summed E-state index contributed by atoms with van der Waals surface area (Å²) in [7, 11) is 0. The first-order chi connectivity index (χ1) is 12.5. The van der Waals surface area contributed by atoms with Gasteiger partial charge in [0.2, 0.25) is 0 Å². The molecule has 1 saturated carbocycles. The van der Waals surface area contributed by atoms with Crippen LogP contribution in [0.5, 0.6) is 0 Å². The van der Waals surface area contributed by atoms with E-state index in [-0.39, 0.29) is 11.9 Å². The summed E-state index contributed by atoms with van der Waals surface area (Å²) in [6.07, 6.45) is 8.25. The molecule has 0 radical (unpaired) electrons. The van der Waals surface area contributed by atoms with Crippen molar-refractivity contribution in [2.45, 2.75) is 32.8 Å². The van der Waals surface area contributed by atoms with E-state index in [0.29, 0.717) is 0 Å². The van der Waals surface area contributed by atoms with Crippen molar-refractivity contribution in [1.82, 2.24) is 0 Å². The van der Waals surface area contributed by atoms with Gasteiger partial charge in [-0.3, -0.25) is 4.79 Å². The van der Waals surface area contributed by atoms with E-state index < -0.39 is 0 Å². The predicted molar refractivity (Wildman–Crippen MR) is 104 cm³/mol. The van der Waals surface area contributed by atoms with Gasteiger partial charge in [0.1, 0.15) is 11.9 Å². The fourth-order valence-corrected chi connectivity index (χ4v) is 2.84. The van der Waals surface area contributed by atoms with E-state index in [9.17, 15) is 4.79 Å². The van der Waals surface area contributed by atoms with Gasteiger partial charge in [0.05, 0.1) is 25.5 Å². The summed E-state index contributed by atoms with van der Waals surface area (Å²) < 4.78 is 11.8. The average molecular weight is 353 g/mol. The molecule has 1 saturated heterocycles. The smallest absolute Gasteiger partial charge is 0.159 e. The van der Waals surface area contributed by atoms with Crippen LogP contribution in [-0.4, -0.2) is 31.6 Å². The highest BCUT2D eigenvalue weighted by Gasteiger charge is 2.29. The Bertz CT molecular complexity index is 707. The summed E-state index contributed by atoms with van der Waals surface area (Å²) in [5.41, 5.74) is 1.86. The van der Waals surface area contributed by atoms with Crippen LogP contribution in [0.2, 0.25) is 0 Å². The summed E-state index contributed by atoms with van der Waals surface area (Å²) in [4.78, 5) is 13.6. The minimum atomic E-state index is 0.0895. The monoisotopic (exact) mass is 353 g/mol. The summed E-state index contributed by atoms with van der Waals surface area (Å²) in [6.45, 7) is 9.76. The van der Waals surface area contributed by atoms with Crippen LogP contribution in [0, 0.1) is 5.92 Å². The number of rotatable bonds is 9. The lowest BCUT2D eigenvalue weighted by Crippen LogP contribution is -2.52. The van der Waals surface area contributed by atoms with Gasteiger partial charge in [-0.15, -0.1) is 0 Å². The molecule has 1 heterocycles. The Labute approximate surface area is 155 Å². The van der Waals surface area contributed by atoms with Gasteiger partial charge in [0, 0.05) is 17.3 Å². The van der Waals surface area contributed by atoms with Gasteiger partial charge in [-0.1, -0.05) is 12.7 Å². The zero-order chi connectivity index (χ0) is 18.5. The standard InChI is InChI=1S/C22H27NO3/c1-4-5-21(12-16(2)25-15-18-6-7-18)26-22-13-23(14-22)20-10-8-19(9-11-20)17(3)24/h4-5,8-12,18,22H,1,6-7,13-15H2,2-3H3/b16-12+,21-5+. The number of carbonyl (C=O) groups excluding carboxylic acids is 1. The van der Waals surface area contributed by atoms with Gasteiger partial charge in [-0.05, 0) is 62.9 Å². The third kappa shape index (κ3) is 5.01. The molecule has 0 unspecified atom stereocenters. The molecule has 1 aliphatic heterocycles. The molecule has 4 nitrogen and oxygen atoms in total. The highest BCUT2D eigenvalue weighted by atomic mass is 16.5. The highest BCUT2D eigenvalue weighted by molar-refractivity contribution is 5.94. The van der Waals surface area contributed by atoms with Crippen LogP contribution >= 0.6 is 0 Å². The Kier molecular flexibility index (Phi) is 5.82. The SMILES string of the molecule is C=C/C=C(\C=C(/C)OCC1CC1)OC1CN(c2ccc(C(C)=O)cc2)C1. The van der Waals surface area contributed by atoms with Gasteiger partial charge >= 0.3 is 0 Å². The molecule has 0 N–H and O–H groups in total. The number of carbonyl (C=O) groups is 1. The van der Waals surface area contributed by atoms with Crippen LogP contribution in [-0.2, 0) is 9.47 Å². The second-order valence-corrected chi connectivity index (χ2v) is 7.06. The normalized spacial score (nSPS) is 18.3. The largest absolute Gasteiger partial charge is 0.498 e. The van der Waals surface area contributed by atoms with Crippen molar-refractivity contribution in [3.05, 3.63) is 66.2 Å². The summed E-state index contributed by atoms with van der Waals surface area (Å²) in [5.74, 6) is 2.48. The van der Waals surface area contributed by atoms with Crippen LogP contribution in [0.4, 0.5) is 5.69 Å². The second kappa shape index (κ2) is 8.26. The van der Waals surface area contributed by atoms with E-state index in [2.05, 4.69) is 11.5 Å². The molecule has 0 aromatic heterocycles. The first-order valence-corrected chi connectivity index (χ1v) is 9.21. The average Bonchev–Trinajstić information content (AvgIpc) is 3.40. The van der Waals surface area contributed by atoms with Crippen molar-refractivity contribution in [2.75, 3.05) is 24.6 Å². The fraction of sp³-hybridized carbons (Fsp3) is 0.409. The number of ether oxygens (including phenoxy) is 2. The van der Waals surface area contributed by atoms with Gasteiger partial charge < -0.3 is 14.4 Å². The Morgan fingerprint density at radius 3 is 2.50 bits per heavy atom. The number of allylic oxidation sites excluding steroid dienone is 4. The van der Waals surface area contributed by atoms with E-state index in [0.717, 1.165) is 48.4 Å². The van der Waals surface area contributed by atoms with Crippen LogP contribution in [0.25, 0.3) is 0 Å². The molecule has 0 atom stereocenters. The highest BCUT2D eigenvalue weighted by Crippen LogP contribution is 2.30. The number of ketones is 1. The zero-order valence-electron chi connectivity index (χ0n) is 15.6. The summed E-state index contributed by atoms with van der Waals surface area (Å²) in [6, 6.07) is 7.73. The molecule has 1 aliphatic carbocycles. The van der Waals surface area contributed by atoms with Crippen LogP contribution in [0.3, 0.4) is 0 Å². The van der Waals surface area contributed by atoms with Crippen molar-refractivity contribution in [2.24, 2.45) is 5.92 Å². The van der Waals surface area contributed by atoms with E-state index in [1.54, 1.807) is 13.0 Å². The second-order valence-electron chi connectivity index (χ2n) is 7.06. The van der Waals surface area contributed by atoms with Crippen molar-refractivity contribution < 1.29 is 14.3 Å². The molecule has 3 rings (SSSR count). The lowest BCUT2D eigenvalue weighted by atomic mass is 10.1. The summed E-state index contributed by atoms with van der Waals surface area (Å²) >= 11 is 0. The van der Waals surface area contributed by atoms with Gasteiger partial charge in [0.15, 0.2) is 5.78 Å². The van der Waals surface area contributed by atoms with Gasteiger partial charge in [0.25, 0.3) is 0 Å². The molecule has 26 heavy (non-hydrogen) atoms. The lowest BCUT2D eigenvalue weighted by Gasteiger charge is -2.41. The van der Waals surface area contributed by atoms with Crippen molar-refractivity contribution in [3.8, 4) is 0 Å². The number of Topliss-reactive ketones (excluding diaryl/α,β-unsaturated/α-hetero) is 1. The maximum atomic E-state index is 11.4. The molecule has 138 valence electrons. The molecule has 2 aliphatic rings. The number of benzene rings is 1. The maximum Gasteiger partial charge on any atom is 0.159 e. The maximum absolute atomic E-state index is 11.4. The Balaban J connectivity index is 1.50. The van der Waals surface area contributed by atoms with E-state index in [4.69, 9.17) is 9.47 Å². The van der Waals surface area contributed by atoms with Crippen LogP contribution in [0.15, 0.2) is 60.6 Å². The number of hydrogen-bond acceptors (Lipinski definition) is 4. The number of hydrogen-bond donors (Lipinski definition) is 0. The Morgan fingerprint density at radius 2 is 1.92 bits per heavy atom. The third-order valence-electron chi connectivity index (χ3n) is 4.66. The number of anilines is 1. The van der Waals surface area contributed by atoms with E-state index >= 15 is 0 Å². The number of nitrogens with zero attached hydrogens (tertiary/aromatic N) is 1.